The number of carbonyl (C=O) groups is 1. The third kappa shape index (κ3) is 4.43. The Kier molecular flexibility index (Phi) is 5.72. The fourth-order valence-electron chi connectivity index (χ4n) is 2.11. The van der Waals surface area contributed by atoms with Crippen molar-refractivity contribution in [1.82, 2.24) is 15.1 Å². The Hall–Kier alpha value is -2.14. The Labute approximate surface area is 131 Å². The highest BCUT2D eigenvalue weighted by atomic mass is 16.3. The quantitative estimate of drug-likeness (QED) is 0.822. The number of benzene rings is 1. The number of nitrogens with zero attached hydrogens (tertiary/aromatic N) is 2. The molecule has 22 heavy (non-hydrogen) atoms. The van der Waals surface area contributed by atoms with Gasteiger partial charge < -0.3 is 10.4 Å². The monoisotopic (exact) mass is 301 g/mol. The first-order chi connectivity index (χ1) is 10.6. The molecule has 0 saturated heterocycles. The van der Waals surface area contributed by atoms with E-state index in [-0.39, 0.29) is 18.4 Å². The SMILES string of the molecule is CCC(C)C(O)CNC(=O)c1cnn(Cc2ccccc2)c1. The van der Waals surface area contributed by atoms with Gasteiger partial charge in [0.15, 0.2) is 0 Å². The third-order valence-corrected chi connectivity index (χ3v) is 3.86. The zero-order chi connectivity index (χ0) is 15.9. The lowest BCUT2D eigenvalue weighted by Crippen LogP contribution is -2.35. The van der Waals surface area contributed by atoms with Crippen LogP contribution in [0.25, 0.3) is 0 Å². The van der Waals surface area contributed by atoms with Crippen LogP contribution in [0.1, 0.15) is 36.2 Å². The molecule has 1 aromatic carbocycles. The van der Waals surface area contributed by atoms with Crippen molar-refractivity contribution in [2.75, 3.05) is 6.54 Å². The molecule has 0 aliphatic carbocycles. The largest absolute Gasteiger partial charge is 0.391 e. The van der Waals surface area contributed by atoms with E-state index in [2.05, 4.69) is 10.4 Å². The summed E-state index contributed by atoms with van der Waals surface area (Å²) in [4.78, 5) is 12.1. The second-order valence-corrected chi connectivity index (χ2v) is 5.58. The number of rotatable bonds is 7. The lowest BCUT2D eigenvalue weighted by molar-refractivity contribution is 0.0850. The molecule has 1 heterocycles. The average molecular weight is 301 g/mol. The zero-order valence-corrected chi connectivity index (χ0v) is 13.1. The van der Waals surface area contributed by atoms with E-state index in [0.717, 1.165) is 12.0 Å². The molecule has 0 bridgehead atoms. The molecule has 0 aliphatic heterocycles. The van der Waals surface area contributed by atoms with Crippen molar-refractivity contribution in [3.63, 3.8) is 0 Å². The maximum absolute atomic E-state index is 12.1. The molecule has 0 fully saturated rings. The summed E-state index contributed by atoms with van der Waals surface area (Å²) in [5, 5.41) is 16.8. The van der Waals surface area contributed by atoms with Crippen LogP contribution in [0.15, 0.2) is 42.7 Å². The maximum Gasteiger partial charge on any atom is 0.254 e. The predicted octanol–water partition coefficient (Wildman–Crippen LogP) is 2.07. The van der Waals surface area contributed by atoms with Gasteiger partial charge in [-0.05, 0) is 11.5 Å². The highest BCUT2D eigenvalue weighted by Gasteiger charge is 2.15. The Balaban J connectivity index is 1.89. The molecule has 0 aliphatic rings. The van der Waals surface area contributed by atoms with Crippen molar-refractivity contribution >= 4 is 5.91 Å². The molecule has 2 atom stereocenters. The zero-order valence-electron chi connectivity index (χ0n) is 13.1. The molecule has 0 spiro atoms. The maximum atomic E-state index is 12.1. The average Bonchev–Trinajstić information content (AvgIpc) is 3.01. The first-order valence-electron chi connectivity index (χ1n) is 7.62. The topological polar surface area (TPSA) is 67.2 Å². The van der Waals surface area contributed by atoms with E-state index in [1.165, 1.54) is 0 Å². The summed E-state index contributed by atoms with van der Waals surface area (Å²) in [5.41, 5.74) is 1.64. The van der Waals surface area contributed by atoms with Crippen molar-refractivity contribution in [1.29, 1.82) is 0 Å². The van der Waals surface area contributed by atoms with Gasteiger partial charge in [-0.2, -0.15) is 5.10 Å². The lowest BCUT2D eigenvalue weighted by Gasteiger charge is -2.17. The minimum absolute atomic E-state index is 0.168. The van der Waals surface area contributed by atoms with Crippen LogP contribution >= 0.6 is 0 Å². The van der Waals surface area contributed by atoms with Crippen LogP contribution in [0.4, 0.5) is 0 Å². The Bertz CT molecular complexity index is 595. The predicted molar refractivity (Wildman–Crippen MR) is 85.6 cm³/mol. The summed E-state index contributed by atoms with van der Waals surface area (Å²) in [6.45, 7) is 4.87. The summed E-state index contributed by atoms with van der Waals surface area (Å²) >= 11 is 0. The van der Waals surface area contributed by atoms with Crippen molar-refractivity contribution in [3.8, 4) is 0 Å². The van der Waals surface area contributed by atoms with Crippen LogP contribution in [0, 0.1) is 5.92 Å². The molecule has 2 N–H and O–H groups in total. The van der Waals surface area contributed by atoms with Crippen LogP contribution in [0.2, 0.25) is 0 Å². The molecule has 5 nitrogen and oxygen atoms in total. The fourth-order valence-corrected chi connectivity index (χ4v) is 2.11. The molecule has 1 amide bonds. The van der Waals surface area contributed by atoms with Crippen LogP contribution in [0.3, 0.4) is 0 Å². The van der Waals surface area contributed by atoms with Gasteiger partial charge in [-0.15, -0.1) is 0 Å². The highest BCUT2D eigenvalue weighted by Crippen LogP contribution is 2.07. The molecule has 1 aromatic heterocycles. The van der Waals surface area contributed by atoms with Crippen LogP contribution in [0.5, 0.6) is 0 Å². The summed E-state index contributed by atoms with van der Waals surface area (Å²) in [6, 6.07) is 9.95. The first kappa shape index (κ1) is 16.2. The molecule has 118 valence electrons. The van der Waals surface area contributed by atoms with E-state index in [1.54, 1.807) is 17.1 Å². The minimum atomic E-state index is -0.520. The van der Waals surface area contributed by atoms with Crippen molar-refractivity contribution < 1.29 is 9.90 Å². The molecule has 5 heteroatoms. The van der Waals surface area contributed by atoms with Gasteiger partial charge in [0, 0.05) is 12.7 Å². The first-order valence-corrected chi connectivity index (χ1v) is 7.62. The van der Waals surface area contributed by atoms with Gasteiger partial charge in [0.05, 0.1) is 24.4 Å². The molecular formula is C17H23N3O2. The van der Waals surface area contributed by atoms with Gasteiger partial charge in [-0.3, -0.25) is 9.48 Å². The minimum Gasteiger partial charge on any atom is -0.391 e. The van der Waals surface area contributed by atoms with Crippen molar-refractivity contribution in [2.24, 2.45) is 5.92 Å². The summed E-state index contributed by atoms with van der Waals surface area (Å²) in [6.07, 6.45) is 3.63. The van der Waals surface area contributed by atoms with Gasteiger partial charge in [0.2, 0.25) is 0 Å². The Morgan fingerprint density at radius 2 is 2.09 bits per heavy atom. The van der Waals surface area contributed by atoms with Gasteiger partial charge >= 0.3 is 0 Å². The number of aromatic nitrogens is 2. The second kappa shape index (κ2) is 7.75. The number of hydrogen-bond acceptors (Lipinski definition) is 3. The number of carbonyl (C=O) groups excluding carboxylic acids is 1. The molecule has 2 unspecified atom stereocenters. The van der Waals surface area contributed by atoms with Crippen LogP contribution in [-0.4, -0.2) is 33.4 Å². The molecule has 2 rings (SSSR count). The van der Waals surface area contributed by atoms with E-state index in [1.807, 2.05) is 44.2 Å². The third-order valence-electron chi connectivity index (χ3n) is 3.86. The summed E-state index contributed by atoms with van der Waals surface area (Å²) < 4.78 is 1.73. The van der Waals surface area contributed by atoms with E-state index in [0.29, 0.717) is 12.1 Å². The lowest BCUT2D eigenvalue weighted by atomic mass is 10.0. The van der Waals surface area contributed by atoms with Gasteiger partial charge in [-0.1, -0.05) is 50.6 Å². The summed E-state index contributed by atoms with van der Waals surface area (Å²) in [7, 11) is 0. The fraction of sp³-hybridized carbons (Fsp3) is 0.412. The van der Waals surface area contributed by atoms with E-state index in [4.69, 9.17) is 0 Å². The molecule has 2 aromatic rings. The summed E-state index contributed by atoms with van der Waals surface area (Å²) in [5.74, 6) is -0.0391. The van der Waals surface area contributed by atoms with Crippen molar-refractivity contribution in [3.05, 3.63) is 53.9 Å². The Morgan fingerprint density at radius 1 is 1.36 bits per heavy atom. The van der Waals surface area contributed by atoms with Gasteiger partial charge in [0.1, 0.15) is 0 Å². The van der Waals surface area contributed by atoms with Gasteiger partial charge in [-0.25, -0.2) is 0 Å². The van der Waals surface area contributed by atoms with E-state index >= 15 is 0 Å². The molecule has 0 radical (unpaired) electrons. The Morgan fingerprint density at radius 3 is 2.77 bits per heavy atom. The number of hydrogen-bond donors (Lipinski definition) is 2. The molecule has 0 saturated carbocycles. The normalized spacial score (nSPS) is 13.6. The highest BCUT2D eigenvalue weighted by molar-refractivity contribution is 5.93. The van der Waals surface area contributed by atoms with Gasteiger partial charge in [0.25, 0.3) is 5.91 Å². The number of aliphatic hydroxyl groups is 1. The van der Waals surface area contributed by atoms with E-state index in [9.17, 15) is 9.90 Å². The standard InChI is InChI=1S/C17H23N3O2/c1-3-13(2)16(21)10-18-17(22)15-9-19-20(12-15)11-14-7-5-4-6-8-14/h4-9,12-13,16,21H,3,10-11H2,1-2H3,(H,18,22). The smallest absolute Gasteiger partial charge is 0.254 e. The van der Waals surface area contributed by atoms with Crippen LogP contribution in [-0.2, 0) is 6.54 Å². The molecular weight excluding hydrogens is 278 g/mol. The second-order valence-electron chi connectivity index (χ2n) is 5.58. The number of aliphatic hydroxyl groups excluding tert-OH is 1. The van der Waals surface area contributed by atoms with E-state index < -0.39 is 6.10 Å². The number of nitrogens with one attached hydrogen (secondary N) is 1. The van der Waals surface area contributed by atoms with Crippen LogP contribution < -0.4 is 5.32 Å². The van der Waals surface area contributed by atoms with Crippen molar-refractivity contribution in [2.45, 2.75) is 32.9 Å². The number of amides is 1.